The molecule has 4 aromatic rings. The molecule has 0 radical (unpaired) electrons. The summed E-state index contributed by atoms with van der Waals surface area (Å²) in [6, 6.07) is 10.5. The van der Waals surface area contributed by atoms with Gasteiger partial charge in [-0.2, -0.15) is 0 Å². The highest BCUT2D eigenvalue weighted by Crippen LogP contribution is 2.45. The quantitative estimate of drug-likeness (QED) is 0.340. The Balaban J connectivity index is 1.14. The molecule has 2 spiro atoms. The number of pyridine rings is 1. The van der Waals surface area contributed by atoms with Crippen LogP contribution in [0.3, 0.4) is 0 Å². The molecule has 4 aliphatic heterocycles. The fraction of sp³-hybridized carbons (Fsp3) is 0.452. The minimum absolute atomic E-state index is 0.301. The average molecular weight is 574 g/mol. The second kappa shape index (κ2) is 10.3. The molecule has 3 aromatic heterocycles. The highest BCUT2D eigenvalue weighted by molar-refractivity contribution is 6.06. The van der Waals surface area contributed by atoms with Gasteiger partial charge in [-0.05, 0) is 29.8 Å². The number of rotatable bonds is 4. The van der Waals surface area contributed by atoms with Crippen molar-refractivity contribution in [1.29, 1.82) is 0 Å². The number of halogens is 1. The summed E-state index contributed by atoms with van der Waals surface area (Å²) in [4.78, 5) is 18.5. The Morgan fingerprint density at radius 3 is 1.86 bits per heavy atom. The van der Waals surface area contributed by atoms with Gasteiger partial charge in [0.15, 0.2) is 11.6 Å². The summed E-state index contributed by atoms with van der Waals surface area (Å²) in [6.07, 6.45) is 6.48. The Labute approximate surface area is 242 Å². The van der Waals surface area contributed by atoms with E-state index < -0.39 is 11.6 Å². The Morgan fingerprint density at radius 2 is 1.26 bits per heavy atom. The molecular weight excluding hydrogens is 541 g/mol. The van der Waals surface area contributed by atoms with Crippen LogP contribution in [0.15, 0.2) is 53.3 Å². The highest BCUT2D eigenvalue weighted by atomic mass is 19.1. The molecule has 11 heteroatoms. The molecule has 4 aliphatic rings. The summed E-state index contributed by atoms with van der Waals surface area (Å²) in [5.41, 5.74) is 2.92. The lowest BCUT2D eigenvalue weighted by molar-refractivity contribution is -0.169. The van der Waals surface area contributed by atoms with Crippen LogP contribution in [0.1, 0.15) is 25.7 Å². The maximum absolute atomic E-state index is 14.0. The monoisotopic (exact) mass is 573 g/mol. The van der Waals surface area contributed by atoms with Crippen molar-refractivity contribution in [1.82, 2.24) is 15.0 Å². The van der Waals surface area contributed by atoms with Crippen LogP contribution in [0.4, 0.5) is 16.0 Å². The molecule has 1 aromatic carbocycles. The van der Waals surface area contributed by atoms with Crippen molar-refractivity contribution < 1.29 is 27.8 Å². The van der Waals surface area contributed by atoms with Gasteiger partial charge in [0.2, 0.25) is 5.71 Å². The number of nitrogens with zero attached hydrogens (tertiary/aromatic N) is 5. The van der Waals surface area contributed by atoms with Gasteiger partial charge in [0, 0.05) is 69.2 Å². The second-order valence-electron chi connectivity index (χ2n) is 11.3. The normalized spacial score (nSPS) is 21.6. The van der Waals surface area contributed by atoms with Crippen molar-refractivity contribution in [2.45, 2.75) is 37.3 Å². The van der Waals surface area contributed by atoms with Crippen LogP contribution in [0.5, 0.6) is 0 Å². The van der Waals surface area contributed by atoms with E-state index in [0.717, 1.165) is 85.6 Å². The predicted molar refractivity (Wildman–Crippen MR) is 153 cm³/mol. The van der Waals surface area contributed by atoms with E-state index in [1.807, 2.05) is 18.3 Å². The number of hydrogen-bond acceptors (Lipinski definition) is 10. The number of piperidine rings is 2. The molecule has 0 N–H and O–H groups in total. The number of fused-ring (bicyclic) bond motifs is 1. The van der Waals surface area contributed by atoms with Gasteiger partial charge >= 0.3 is 0 Å². The topological polar surface area (TPSA) is 95.2 Å². The standard InChI is InChI=1S/C31H32FN5O5/c32-23-4-1-21(2-5-23)25-26-28(37-13-9-31(10-14-37)40-17-18-41-31)34-20-35-29(26)42-27(25)22-3-6-24(33-19-22)36-11-7-30(8-12-36)38-15-16-39-30/h1-6,19-20H,7-18H2. The third-order valence-corrected chi connectivity index (χ3v) is 8.91. The number of ether oxygens (including phenoxy) is 4. The number of hydrogen-bond donors (Lipinski definition) is 0. The van der Waals surface area contributed by atoms with Crippen molar-refractivity contribution >= 4 is 22.7 Å². The molecular formula is C31H32FN5O5. The molecule has 4 saturated heterocycles. The summed E-state index contributed by atoms with van der Waals surface area (Å²) < 4.78 is 44.1. The Morgan fingerprint density at radius 1 is 0.667 bits per heavy atom. The van der Waals surface area contributed by atoms with E-state index in [4.69, 9.17) is 33.3 Å². The van der Waals surface area contributed by atoms with Gasteiger partial charge in [0.25, 0.3) is 0 Å². The maximum atomic E-state index is 14.0. The largest absolute Gasteiger partial charge is 0.437 e. The lowest BCUT2D eigenvalue weighted by atomic mass is 9.98. The SMILES string of the molecule is Fc1ccc(-c2c(-c3ccc(N4CCC5(CC4)OCCO5)nc3)oc3ncnc(N4CCC5(CC4)OCCO5)c23)cc1. The van der Waals surface area contributed by atoms with Gasteiger partial charge in [0.1, 0.15) is 29.5 Å². The molecule has 42 heavy (non-hydrogen) atoms. The van der Waals surface area contributed by atoms with Gasteiger partial charge in [-0.3, -0.25) is 0 Å². The lowest BCUT2D eigenvalue weighted by Gasteiger charge is -2.38. The van der Waals surface area contributed by atoms with E-state index in [0.29, 0.717) is 37.9 Å². The van der Waals surface area contributed by atoms with Crippen LogP contribution in [-0.2, 0) is 18.9 Å². The van der Waals surface area contributed by atoms with E-state index >= 15 is 0 Å². The second-order valence-corrected chi connectivity index (χ2v) is 11.3. The number of benzene rings is 1. The van der Waals surface area contributed by atoms with Crippen LogP contribution < -0.4 is 9.80 Å². The Bertz CT molecular complexity index is 1560. The van der Waals surface area contributed by atoms with E-state index in [1.54, 1.807) is 12.1 Å². The molecule has 7 heterocycles. The Hall–Kier alpha value is -3.64. The van der Waals surface area contributed by atoms with Crippen LogP contribution in [0, 0.1) is 5.82 Å². The predicted octanol–water partition coefficient (Wildman–Crippen LogP) is 4.78. The first-order chi connectivity index (χ1) is 20.6. The first-order valence-corrected chi connectivity index (χ1v) is 14.7. The molecule has 218 valence electrons. The first kappa shape index (κ1) is 26.0. The van der Waals surface area contributed by atoms with Gasteiger partial charge < -0.3 is 33.2 Å². The van der Waals surface area contributed by atoms with E-state index in [2.05, 4.69) is 14.8 Å². The minimum Gasteiger partial charge on any atom is -0.437 e. The summed E-state index contributed by atoms with van der Waals surface area (Å²) in [7, 11) is 0. The zero-order valence-corrected chi connectivity index (χ0v) is 23.3. The zero-order valence-electron chi connectivity index (χ0n) is 23.3. The molecule has 0 atom stereocenters. The summed E-state index contributed by atoms with van der Waals surface area (Å²) in [6.45, 7) is 5.64. The van der Waals surface area contributed by atoms with E-state index in [1.165, 1.54) is 18.5 Å². The summed E-state index contributed by atoms with van der Waals surface area (Å²) in [5, 5.41) is 0.797. The fourth-order valence-electron chi connectivity index (χ4n) is 6.67. The van der Waals surface area contributed by atoms with Crippen LogP contribution in [-0.4, -0.2) is 79.1 Å². The number of anilines is 2. The molecule has 0 saturated carbocycles. The van der Waals surface area contributed by atoms with Crippen LogP contribution in [0.25, 0.3) is 33.6 Å². The van der Waals surface area contributed by atoms with Crippen molar-refractivity contribution in [3.05, 3.63) is 54.7 Å². The smallest absolute Gasteiger partial charge is 0.232 e. The maximum Gasteiger partial charge on any atom is 0.232 e. The highest BCUT2D eigenvalue weighted by Gasteiger charge is 2.41. The van der Waals surface area contributed by atoms with Crippen molar-refractivity contribution in [2.24, 2.45) is 0 Å². The molecule has 4 fully saturated rings. The molecule has 0 bridgehead atoms. The van der Waals surface area contributed by atoms with Crippen molar-refractivity contribution in [3.63, 3.8) is 0 Å². The zero-order chi connectivity index (χ0) is 28.1. The van der Waals surface area contributed by atoms with Gasteiger partial charge in [-0.25, -0.2) is 19.3 Å². The van der Waals surface area contributed by atoms with Crippen LogP contribution in [0.2, 0.25) is 0 Å². The molecule has 0 aliphatic carbocycles. The molecule has 8 rings (SSSR count). The van der Waals surface area contributed by atoms with Gasteiger partial charge in [-0.15, -0.1) is 0 Å². The van der Waals surface area contributed by atoms with E-state index in [9.17, 15) is 4.39 Å². The van der Waals surface area contributed by atoms with Crippen molar-refractivity contribution in [2.75, 3.05) is 62.4 Å². The molecule has 0 amide bonds. The fourth-order valence-corrected chi connectivity index (χ4v) is 6.67. The average Bonchev–Trinajstić information content (AvgIpc) is 3.78. The van der Waals surface area contributed by atoms with Crippen LogP contribution >= 0.6 is 0 Å². The van der Waals surface area contributed by atoms with Crippen molar-refractivity contribution in [3.8, 4) is 22.5 Å². The van der Waals surface area contributed by atoms with Gasteiger partial charge in [-0.1, -0.05) is 12.1 Å². The van der Waals surface area contributed by atoms with Gasteiger partial charge in [0.05, 0.1) is 31.8 Å². The summed E-state index contributed by atoms with van der Waals surface area (Å²) >= 11 is 0. The third-order valence-electron chi connectivity index (χ3n) is 8.91. The number of furan rings is 1. The summed E-state index contributed by atoms with van der Waals surface area (Å²) in [5.74, 6) is 1.07. The Kier molecular flexibility index (Phi) is 6.36. The molecule has 10 nitrogen and oxygen atoms in total. The lowest BCUT2D eigenvalue weighted by Crippen LogP contribution is -2.45. The minimum atomic E-state index is -0.497. The number of aromatic nitrogens is 3. The molecule has 0 unspecified atom stereocenters. The third kappa shape index (κ3) is 4.51. The van der Waals surface area contributed by atoms with E-state index in [-0.39, 0.29) is 5.82 Å². The first-order valence-electron chi connectivity index (χ1n) is 14.7.